The fourth-order valence-electron chi connectivity index (χ4n) is 1.80. The molecule has 1 heterocycles. The molecular formula is C14H20F3N3O3S. The lowest BCUT2D eigenvalue weighted by Gasteiger charge is -2.09. The number of aromatic nitrogens is 1. The number of rotatable bonds is 8. The highest BCUT2D eigenvalue weighted by molar-refractivity contribution is 7.11. The molecule has 10 heteroatoms. The van der Waals surface area contributed by atoms with E-state index in [1.807, 2.05) is 13.8 Å². The van der Waals surface area contributed by atoms with Crippen molar-refractivity contribution in [1.29, 1.82) is 0 Å². The summed E-state index contributed by atoms with van der Waals surface area (Å²) in [6.07, 6.45) is -4.34. The van der Waals surface area contributed by atoms with E-state index in [0.29, 0.717) is 13.0 Å². The zero-order valence-corrected chi connectivity index (χ0v) is 14.3. The molecule has 0 aliphatic heterocycles. The molecule has 2 amide bonds. The number of carbonyl (C=O) groups excluding carboxylic acids is 2. The molecule has 6 nitrogen and oxygen atoms in total. The van der Waals surface area contributed by atoms with E-state index in [4.69, 9.17) is 0 Å². The number of alkyl carbamates (subject to hydrolysis) is 1. The molecule has 0 radical (unpaired) electrons. The van der Waals surface area contributed by atoms with Gasteiger partial charge in [-0.1, -0.05) is 6.92 Å². The minimum atomic E-state index is -4.57. The van der Waals surface area contributed by atoms with E-state index in [2.05, 4.69) is 20.4 Å². The zero-order chi connectivity index (χ0) is 18.2. The minimum absolute atomic E-state index is 0.0434. The van der Waals surface area contributed by atoms with Crippen molar-refractivity contribution in [2.75, 3.05) is 19.7 Å². The Labute approximate surface area is 141 Å². The van der Waals surface area contributed by atoms with Crippen LogP contribution in [0.5, 0.6) is 0 Å². The molecule has 0 atom stereocenters. The van der Waals surface area contributed by atoms with Crippen LogP contribution in [0, 0.1) is 6.92 Å². The number of thiazole rings is 1. The van der Waals surface area contributed by atoms with Crippen LogP contribution >= 0.6 is 11.3 Å². The van der Waals surface area contributed by atoms with Gasteiger partial charge >= 0.3 is 12.3 Å². The fourth-order valence-corrected chi connectivity index (χ4v) is 2.82. The van der Waals surface area contributed by atoms with Crippen molar-refractivity contribution < 1.29 is 27.5 Å². The number of amides is 2. The summed E-state index contributed by atoms with van der Waals surface area (Å²) in [4.78, 5) is 28.1. The molecule has 0 aliphatic carbocycles. The molecule has 0 aromatic carbocycles. The van der Waals surface area contributed by atoms with Gasteiger partial charge < -0.3 is 15.4 Å². The maximum Gasteiger partial charge on any atom is 0.422 e. The average molecular weight is 367 g/mol. The Morgan fingerprint density at radius 1 is 1.25 bits per heavy atom. The second-order valence-electron chi connectivity index (χ2n) is 4.93. The summed E-state index contributed by atoms with van der Waals surface area (Å²) >= 11 is 1.59. The number of halogens is 3. The van der Waals surface area contributed by atoms with E-state index in [9.17, 15) is 22.8 Å². The first-order chi connectivity index (χ1) is 11.2. The van der Waals surface area contributed by atoms with E-state index in [-0.39, 0.29) is 18.9 Å². The molecule has 1 aromatic rings. The largest absolute Gasteiger partial charge is 0.440 e. The first kappa shape index (κ1) is 20.2. The van der Waals surface area contributed by atoms with Gasteiger partial charge in [0, 0.05) is 30.8 Å². The molecule has 24 heavy (non-hydrogen) atoms. The number of hydrogen-bond donors (Lipinski definition) is 2. The Balaban J connectivity index is 2.14. The van der Waals surface area contributed by atoms with Crippen molar-refractivity contribution in [1.82, 2.24) is 15.6 Å². The van der Waals surface area contributed by atoms with E-state index in [0.717, 1.165) is 17.1 Å². The maximum absolute atomic E-state index is 11.8. The van der Waals surface area contributed by atoms with Crippen molar-refractivity contribution in [2.24, 2.45) is 0 Å². The van der Waals surface area contributed by atoms with Gasteiger partial charge in [0.05, 0.1) is 10.7 Å². The van der Waals surface area contributed by atoms with Gasteiger partial charge in [-0.2, -0.15) is 13.2 Å². The van der Waals surface area contributed by atoms with E-state index >= 15 is 0 Å². The van der Waals surface area contributed by atoms with E-state index < -0.39 is 18.9 Å². The van der Waals surface area contributed by atoms with E-state index in [1.165, 1.54) is 4.88 Å². The Kier molecular flexibility index (Phi) is 7.96. The predicted molar refractivity (Wildman–Crippen MR) is 83.0 cm³/mol. The van der Waals surface area contributed by atoms with Gasteiger partial charge in [-0.15, -0.1) is 11.3 Å². The summed E-state index contributed by atoms with van der Waals surface area (Å²) in [6.45, 7) is 2.69. The number of ether oxygens (including phenoxy) is 1. The molecule has 1 rings (SSSR count). The van der Waals surface area contributed by atoms with Crippen LogP contribution in [0.3, 0.4) is 0 Å². The highest BCUT2D eigenvalue weighted by Crippen LogP contribution is 2.18. The SMILES string of the molecule is CCc1nc(CCNC(=O)CCNC(=O)OCC(F)(F)F)sc1C. The Hall–Kier alpha value is -1.84. The standard InChI is InChI=1S/C14H20F3N3O3S/c1-3-10-9(2)24-12(20-10)5-7-18-11(21)4-6-19-13(22)23-8-14(15,16)17/h3-8H2,1-2H3,(H,18,21)(H,19,22). The monoisotopic (exact) mass is 367 g/mol. The molecule has 0 aliphatic rings. The lowest BCUT2D eigenvalue weighted by molar-refractivity contribution is -0.160. The molecule has 136 valence electrons. The highest BCUT2D eigenvalue weighted by Gasteiger charge is 2.29. The molecule has 0 spiro atoms. The van der Waals surface area contributed by atoms with Gasteiger partial charge in [-0.25, -0.2) is 9.78 Å². The average Bonchev–Trinajstić information content (AvgIpc) is 2.84. The van der Waals surface area contributed by atoms with Crippen LogP contribution in [0.15, 0.2) is 0 Å². The van der Waals surface area contributed by atoms with Crippen molar-refractivity contribution in [3.63, 3.8) is 0 Å². The quantitative estimate of drug-likeness (QED) is 0.739. The third-order valence-electron chi connectivity index (χ3n) is 2.92. The topological polar surface area (TPSA) is 80.3 Å². The summed E-state index contributed by atoms with van der Waals surface area (Å²) in [5.74, 6) is -0.310. The molecule has 0 fully saturated rings. The molecule has 0 unspecified atom stereocenters. The highest BCUT2D eigenvalue weighted by atomic mass is 32.1. The number of aryl methyl sites for hydroxylation is 2. The van der Waals surface area contributed by atoms with Gasteiger partial charge in [0.25, 0.3) is 0 Å². The van der Waals surface area contributed by atoms with Crippen LogP contribution in [0.1, 0.15) is 28.9 Å². The van der Waals surface area contributed by atoms with Gasteiger partial charge in [0.1, 0.15) is 0 Å². The molecule has 0 saturated carbocycles. The van der Waals surface area contributed by atoms with Crippen LogP contribution in [0.2, 0.25) is 0 Å². The third-order valence-corrected chi connectivity index (χ3v) is 3.99. The molecular weight excluding hydrogens is 347 g/mol. The number of hydrogen-bond acceptors (Lipinski definition) is 5. The zero-order valence-electron chi connectivity index (χ0n) is 13.5. The maximum atomic E-state index is 11.8. The Bertz CT molecular complexity index is 561. The molecule has 2 N–H and O–H groups in total. The van der Waals surface area contributed by atoms with Crippen LogP contribution < -0.4 is 10.6 Å². The summed E-state index contributed by atoms with van der Waals surface area (Å²) in [7, 11) is 0. The smallest absolute Gasteiger partial charge is 0.422 e. The normalized spacial score (nSPS) is 11.2. The van der Waals surface area contributed by atoms with Gasteiger partial charge in [-0.05, 0) is 13.3 Å². The summed E-state index contributed by atoms with van der Waals surface area (Å²) in [5.41, 5.74) is 1.06. The second kappa shape index (κ2) is 9.45. The number of nitrogens with zero attached hydrogens (tertiary/aromatic N) is 1. The van der Waals surface area contributed by atoms with Crippen LogP contribution in [-0.4, -0.2) is 42.9 Å². The van der Waals surface area contributed by atoms with Crippen molar-refractivity contribution in [2.45, 2.75) is 39.3 Å². The molecule has 1 aromatic heterocycles. The molecule has 0 saturated heterocycles. The van der Waals surface area contributed by atoms with Gasteiger partial charge in [-0.3, -0.25) is 4.79 Å². The van der Waals surface area contributed by atoms with Crippen molar-refractivity contribution >= 4 is 23.3 Å². The first-order valence-electron chi connectivity index (χ1n) is 7.40. The molecule has 0 bridgehead atoms. The van der Waals surface area contributed by atoms with E-state index in [1.54, 1.807) is 11.3 Å². The third kappa shape index (κ3) is 8.14. The second-order valence-corrected chi connectivity index (χ2v) is 6.22. The Morgan fingerprint density at radius 3 is 2.54 bits per heavy atom. The van der Waals surface area contributed by atoms with Crippen molar-refractivity contribution in [3.8, 4) is 0 Å². The lowest BCUT2D eigenvalue weighted by Crippen LogP contribution is -2.33. The van der Waals surface area contributed by atoms with Gasteiger partial charge in [0.2, 0.25) is 5.91 Å². The number of alkyl halides is 3. The summed E-state index contributed by atoms with van der Waals surface area (Å²) < 4.78 is 39.4. The predicted octanol–water partition coefficient (Wildman–Crippen LogP) is 2.35. The Morgan fingerprint density at radius 2 is 1.96 bits per heavy atom. The van der Waals surface area contributed by atoms with Crippen LogP contribution in [0.25, 0.3) is 0 Å². The minimum Gasteiger partial charge on any atom is -0.440 e. The first-order valence-corrected chi connectivity index (χ1v) is 8.22. The lowest BCUT2D eigenvalue weighted by atomic mass is 10.3. The van der Waals surface area contributed by atoms with Crippen molar-refractivity contribution in [3.05, 3.63) is 15.6 Å². The van der Waals surface area contributed by atoms with Crippen LogP contribution in [-0.2, 0) is 22.4 Å². The number of carbonyl (C=O) groups is 2. The van der Waals surface area contributed by atoms with Crippen LogP contribution in [0.4, 0.5) is 18.0 Å². The van der Waals surface area contributed by atoms with Gasteiger partial charge in [0.15, 0.2) is 6.61 Å². The summed E-state index contributed by atoms with van der Waals surface area (Å²) in [5, 5.41) is 5.69. The fraction of sp³-hybridized carbons (Fsp3) is 0.643. The number of nitrogens with one attached hydrogen (secondary N) is 2. The summed E-state index contributed by atoms with van der Waals surface area (Å²) in [6, 6.07) is 0.